The first-order chi connectivity index (χ1) is 9.99. The number of nitrogens with one attached hydrogen (secondary N) is 1. The van der Waals surface area contributed by atoms with Gasteiger partial charge in [-0.05, 0) is 39.5 Å². The number of hydrogen-bond donors (Lipinski definition) is 2. The van der Waals surface area contributed by atoms with Crippen molar-refractivity contribution in [2.75, 3.05) is 30.4 Å². The van der Waals surface area contributed by atoms with E-state index in [-0.39, 0.29) is 12.2 Å². The van der Waals surface area contributed by atoms with E-state index in [2.05, 4.69) is 25.2 Å². The van der Waals surface area contributed by atoms with Gasteiger partial charge in [-0.2, -0.15) is 15.0 Å². The van der Waals surface area contributed by atoms with Gasteiger partial charge in [-0.25, -0.2) is 0 Å². The van der Waals surface area contributed by atoms with Crippen molar-refractivity contribution < 1.29 is 9.84 Å². The van der Waals surface area contributed by atoms with Crippen LogP contribution < -0.4 is 15.0 Å². The fourth-order valence-electron chi connectivity index (χ4n) is 2.44. The van der Waals surface area contributed by atoms with E-state index >= 15 is 0 Å². The molecule has 21 heavy (non-hydrogen) atoms. The van der Waals surface area contributed by atoms with E-state index in [0.29, 0.717) is 23.8 Å². The van der Waals surface area contributed by atoms with Crippen molar-refractivity contribution >= 4 is 11.9 Å². The molecular formula is C14H25N5O2. The molecule has 1 aromatic rings. The molecule has 1 fully saturated rings. The number of rotatable bonds is 5. The lowest BCUT2D eigenvalue weighted by atomic mass is 9.92. The minimum atomic E-state index is -0.252. The molecule has 1 aliphatic heterocycles. The molecule has 1 aromatic heterocycles. The average molecular weight is 295 g/mol. The smallest absolute Gasteiger partial charge is 0.323 e. The third kappa shape index (κ3) is 4.17. The van der Waals surface area contributed by atoms with Crippen molar-refractivity contribution in [2.24, 2.45) is 5.92 Å². The Hall–Kier alpha value is -1.63. The Bertz CT molecular complexity index is 459. The van der Waals surface area contributed by atoms with Crippen LogP contribution in [0.2, 0.25) is 0 Å². The van der Waals surface area contributed by atoms with Crippen LogP contribution in [0.5, 0.6) is 6.01 Å². The van der Waals surface area contributed by atoms with Crippen LogP contribution in [-0.4, -0.2) is 52.4 Å². The van der Waals surface area contributed by atoms with Crippen LogP contribution in [0.1, 0.15) is 33.6 Å². The Balaban J connectivity index is 2.12. The first kappa shape index (κ1) is 15.8. The van der Waals surface area contributed by atoms with Crippen LogP contribution in [0.25, 0.3) is 0 Å². The van der Waals surface area contributed by atoms with Crippen molar-refractivity contribution in [2.45, 2.75) is 45.8 Å². The molecule has 0 saturated carbocycles. The number of piperidine rings is 1. The minimum Gasteiger partial charge on any atom is -0.461 e. The van der Waals surface area contributed by atoms with Gasteiger partial charge in [0.2, 0.25) is 11.9 Å². The summed E-state index contributed by atoms with van der Waals surface area (Å²) in [5.74, 6) is 1.50. The first-order valence-corrected chi connectivity index (χ1v) is 7.53. The molecule has 1 atom stereocenters. The summed E-state index contributed by atoms with van der Waals surface area (Å²) in [4.78, 5) is 15.1. The van der Waals surface area contributed by atoms with E-state index in [1.807, 2.05) is 20.8 Å². The maximum Gasteiger partial charge on any atom is 0.323 e. The number of aliphatic hydroxyl groups excluding tert-OH is 1. The predicted octanol–water partition coefficient (Wildman–Crippen LogP) is 1.30. The second-order valence-corrected chi connectivity index (χ2v) is 5.72. The molecule has 2 heterocycles. The third-order valence-corrected chi connectivity index (χ3v) is 3.67. The van der Waals surface area contributed by atoms with E-state index in [4.69, 9.17) is 4.74 Å². The Morgan fingerprint density at radius 1 is 1.19 bits per heavy atom. The normalized spacial score (nSPS) is 17.9. The quantitative estimate of drug-likeness (QED) is 0.847. The lowest BCUT2D eigenvalue weighted by Gasteiger charge is -2.33. The van der Waals surface area contributed by atoms with Crippen molar-refractivity contribution in [1.82, 2.24) is 15.0 Å². The van der Waals surface area contributed by atoms with Gasteiger partial charge in [-0.15, -0.1) is 0 Å². The molecule has 118 valence electrons. The molecule has 0 aliphatic carbocycles. The third-order valence-electron chi connectivity index (χ3n) is 3.67. The Labute approximate surface area is 125 Å². The van der Waals surface area contributed by atoms with Gasteiger partial charge >= 0.3 is 6.01 Å². The summed E-state index contributed by atoms with van der Waals surface area (Å²) in [6, 6.07) is 0.344. The second kappa shape index (κ2) is 6.89. The van der Waals surface area contributed by atoms with Gasteiger partial charge in [-0.1, -0.05) is 0 Å². The van der Waals surface area contributed by atoms with Gasteiger partial charge < -0.3 is 20.1 Å². The number of hydrogen-bond acceptors (Lipinski definition) is 7. The summed E-state index contributed by atoms with van der Waals surface area (Å²) in [5, 5.41) is 12.6. The molecular weight excluding hydrogens is 270 g/mol. The monoisotopic (exact) mass is 295 g/mol. The van der Waals surface area contributed by atoms with Gasteiger partial charge in [0, 0.05) is 20.1 Å². The fraction of sp³-hybridized carbons (Fsp3) is 0.786. The molecule has 2 rings (SSSR count). The SMILES string of the molecule is CNc1nc(OC(C)C)nc(N2CCC(C(C)O)CC2)n1. The maximum atomic E-state index is 9.67. The minimum absolute atomic E-state index is 0.0194. The lowest BCUT2D eigenvalue weighted by Crippen LogP contribution is -2.38. The molecule has 0 bridgehead atoms. The highest BCUT2D eigenvalue weighted by molar-refractivity contribution is 5.38. The van der Waals surface area contributed by atoms with Crippen LogP contribution in [0.15, 0.2) is 0 Å². The van der Waals surface area contributed by atoms with E-state index in [0.717, 1.165) is 25.9 Å². The summed E-state index contributed by atoms with van der Waals surface area (Å²) in [5.41, 5.74) is 0. The van der Waals surface area contributed by atoms with E-state index < -0.39 is 0 Å². The zero-order valence-electron chi connectivity index (χ0n) is 13.2. The average Bonchev–Trinajstić information content (AvgIpc) is 2.46. The number of anilines is 2. The maximum absolute atomic E-state index is 9.67. The molecule has 1 unspecified atom stereocenters. The number of aliphatic hydroxyl groups is 1. The van der Waals surface area contributed by atoms with Crippen LogP contribution in [-0.2, 0) is 0 Å². The molecule has 0 aromatic carbocycles. The topological polar surface area (TPSA) is 83.4 Å². The van der Waals surface area contributed by atoms with Crippen LogP contribution >= 0.6 is 0 Å². The Kier molecular flexibility index (Phi) is 5.17. The van der Waals surface area contributed by atoms with Gasteiger partial charge in [-0.3, -0.25) is 0 Å². The molecule has 1 aliphatic rings. The number of nitrogens with zero attached hydrogens (tertiary/aromatic N) is 4. The van der Waals surface area contributed by atoms with Gasteiger partial charge in [0.1, 0.15) is 0 Å². The van der Waals surface area contributed by atoms with E-state index in [9.17, 15) is 5.11 Å². The van der Waals surface area contributed by atoms with Crippen molar-refractivity contribution in [1.29, 1.82) is 0 Å². The highest BCUT2D eigenvalue weighted by Gasteiger charge is 2.25. The largest absolute Gasteiger partial charge is 0.461 e. The van der Waals surface area contributed by atoms with E-state index in [1.165, 1.54) is 0 Å². The van der Waals surface area contributed by atoms with E-state index in [1.54, 1.807) is 7.05 Å². The zero-order valence-corrected chi connectivity index (χ0v) is 13.2. The molecule has 7 nitrogen and oxygen atoms in total. The van der Waals surface area contributed by atoms with Crippen LogP contribution in [0.3, 0.4) is 0 Å². The standard InChI is InChI=1S/C14H25N5O2/c1-9(2)21-14-17-12(15-4)16-13(18-14)19-7-5-11(6-8-19)10(3)20/h9-11,20H,5-8H2,1-4H3,(H,15,16,17,18). The molecule has 2 N–H and O–H groups in total. The Morgan fingerprint density at radius 2 is 1.86 bits per heavy atom. The molecule has 0 amide bonds. The number of aromatic nitrogens is 3. The van der Waals surface area contributed by atoms with Gasteiger partial charge in [0.15, 0.2) is 0 Å². The van der Waals surface area contributed by atoms with Crippen LogP contribution in [0.4, 0.5) is 11.9 Å². The predicted molar refractivity (Wildman–Crippen MR) is 81.8 cm³/mol. The molecule has 1 saturated heterocycles. The fourth-order valence-corrected chi connectivity index (χ4v) is 2.44. The summed E-state index contributed by atoms with van der Waals surface area (Å²) in [6.45, 7) is 7.41. The lowest BCUT2D eigenvalue weighted by molar-refractivity contribution is 0.109. The summed E-state index contributed by atoms with van der Waals surface area (Å²) in [6.07, 6.45) is 1.65. The van der Waals surface area contributed by atoms with Crippen LogP contribution in [0, 0.1) is 5.92 Å². The summed E-state index contributed by atoms with van der Waals surface area (Å²) >= 11 is 0. The second-order valence-electron chi connectivity index (χ2n) is 5.72. The van der Waals surface area contributed by atoms with Crippen molar-refractivity contribution in [3.63, 3.8) is 0 Å². The molecule has 0 radical (unpaired) electrons. The molecule has 0 spiro atoms. The molecule has 7 heteroatoms. The highest BCUT2D eigenvalue weighted by Crippen LogP contribution is 2.24. The summed E-state index contributed by atoms with van der Waals surface area (Å²) < 4.78 is 5.58. The number of ether oxygens (including phenoxy) is 1. The highest BCUT2D eigenvalue weighted by atomic mass is 16.5. The van der Waals surface area contributed by atoms with Gasteiger partial charge in [0.05, 0.1) is 12.2 Å². The van der Waals surface area contributed by atoms with Crippen molar-refractivity contribution in [3.8, 4) is 6.01 Å². The van der Waals surface area contributed by atoms with Gasteiger partial charge in [0.25, 0.3) is 0 Å². The first-order valence-electron chi connectivity index (χ1n) is 7.53. The zero-order chi connectivity index (χ0) is 15.4. The Morgan fingerprint density at radius 3 is 2.38 bits per heavy atom. The summed E-state index contributed by atoms with van der Waals surface area (Å²) in [7, 11) is 1.78. The van der Waals surface area contributed by atoms with Crippen molar-refractivity contribution in [3.05, 3.63) is 0 Å².